The highest BCUT2D eigenvalue weighted by Crippen LogP contribution is 2.20. The third-order valence-electron chi connectivity index (χ3n) is 3.89. The molecule has 2 aromatic rings. The van der Waals surface area contributed by atoms with Crippen molar-refractivity contribution >= 4 is 23.5 Å². The first-order valence-electron chi connectivity index (χ1n) is 7.66. The Hall–Kier alpha value is -2.34. The van der Waals surface area contributed by atoms with Crippen LogP contribution in [0.2, 0.25) is 5.02 Å². The number of aromatic nitrogens is 2. The SMILES string of the molecule is CCC(NC(=O)Cc1c(C)nn(-c2ccc(Cl)cc2)c1C)C(=O)O. The smallest absolute Gasteiger partial charge is 0.326 e. The van der Waals surface area contributed by atoms with Crippen molar-refractivity contribution in [3.05, 3.63) is 46.2 Å². The number of hydrogen-bond donors (Lipinski definition) is 2. The van der Waals surface area contributed by atoms with Crippen molar-refractivity contribution in [2.24, 2.45) is 0 Å². The van der Waals surface area contributed by atoms with Gasteiger partial charge in [-0.1, -0.05) is 18.5 Å². The Morgan fingerprint density at radius 2 is 1.92 bits per heavy atom. The average Bonchev–Trinajstić information content (AvgIpc) is 2.81. The highest BCUT2D eigenvalue weighted by atomic mass is 35.5. The second-order valence-electron chi connectivity index (χ2n) is 5.58. The number of carboxylic acid groups (broad SMARTS) is 1. The Labute approximate surface area is 145 Å². The van der Waals surface area contributed by atoms with Crippen molar-refractivity contribution in [1.29, 1.82) is 0 Å². The van der Waals surface area contributed by atoms with Crippen molar-refractivity contribution in [3.63, 3.8) is 0 Å². The van der Waals surface area contributed by atoms with Gasteiger partial charge in [0.15, 0.2) is 0 Å². The molecule has 1 atom stereocenters. The zero-order valence-electron chi connectivity index (χ0n) is 13.8. The zero-order valence-corrected chi connectivity index (χ0v) is 14.6. The highest BCUT2D eigenvalue weighted by Gasteiger charge is 2.20. The molecule has 2 N–H and O–H groups in total. The predicted molar refractivity (Wildman–Crippen MR) is 91.6 cm³/mol. The number of amides is 1. The number of aryl methyl sites for hydroxylation is 1. The fraction of sp³-hybridized carbons (Fsp3) is 0.353. The van der Waals surface area contributed by atoms with Gasteiger partial charge in [0.05, 0.1) is 17.8 Å². The van der Waals surface area contributed by atoms with E-state index < -0.39 is 12.0 Å². The van der Waals surface area contributed by atoms with Gasteiger partial charge in [0, 0.05) is 16.3 Å². The average molecular weight is 350 g/mol. The van der Waals surface area contributed by atoms with E-state index in [4.69, 9.17) is 16.7 Å². The third-order valence-corrected chi connectivity index (χ3v) is 4.14. The number of benzene rings is 1. The summed E-state index contributed by atoms with van der Waals surface area (Å²) in [6.07, 6.45) is 0.429. The van der Waals surface area contributed by atoms with Crippen LogP contribution in [0.3, 0.4) is 0 Å². The normalized spacial score (nSPS) is 12.0. The van der Waals surface area contributed by atoms with E-state index in [1.54, 1.807) is 23.7 Å². The van der Waals surface area contributed by atoms with Gasteiger partial charge in [-0.05, 0) is 44.5 Å². The first-order chi connectivity index (χ1) is 11.3. The van der Waals surface area contributed by atoms with Crippen molar-refractivity contribution in [1.82, 2.24) is 15.1 Å². The molecule has 1 heterocycles. The van der Waals surface area contributed by atoms with Crippen LogP contribution in [-0.2, 0) is 16.0 Å². The van der Waals surface area contributed by atoms with E-state index >= 15 is 0 Å². The number of carbonyl (C=O) groups excluding carboxylic acids is 1. The summed E-state index contributed by atoms with van der Waals surface area (Å²) in [5.41, 5.74) is 3.22. The van der Waals surface area contributed by atoms with Crippen LogP contribution in [0.15, 0.2) is 24.3 Å². The van der Waals surface area contributed by atoms with Crippen LogP contribution in [0.4, 0.5) is 0 Å². The summed E-state index contributed by atoms with van der Waals surface area (Å²) in [6.45, 7) is 5.43. The van der Waals surface area contributed by atoms with Crippen molar-refractivity contribution < 1.29 is 14.7 Å². The van der Waals surface area contributed by atoms with Crippen LogP contribution in [-0.4, -0.2) is 32.8 Å². The molecular formula is C17H20ClN3O3. The molecule has 0 radical (unpaired) electrons. The van der Waals surface area contributed by atoms with Gasteiger partial charge in [-0.25, -0.2) is 9.48 Å². The highest BCUT2D eigenvalue weighted by molar-refractivity contribution is 6.30. The zero-order chi connectivity index (χ0) is 17.9. The lowest BCUT2D eigenvalue weighted by Gasteiger charge is -2.12. The van der Waals surface area contributed by atoms with Gasteiger partial charge in [0.25, 0.3) is 0 Å². The number of carboxylic acids is 1. The number of nitrogens with one attached hydrogen (secondary N) is 1. The van der Waals surface area contributed by atoms with E-state index in [0.717, 1.165) is 22.6 Å². The minimum atomic E-state index is -1.03. The second-order valence-corrected chi connectivity index (χ2v) is 6.02. The van der Waals surface area contributed by atoms with E-state index in [2.05, 4.69) is 10.4 Å². The molecule has 0 bridgehead atoms. The maximum Gasteiger partial charge on any atom is 0.326 e. The summed E-state index contributed by atoms with van der Waals surface area (Å²) in [6, 6.07) is 6.38. The lowest BCUT2D eigenvalue weighted by molar-refractivity contribution is -0.141. The molecule has 0 saturated heterocycles. The van der Waals surface area contributed by atoms with Crippen molar-refractivity contribution in [2.45, 2.75) is 39.7 Å². The lowest BCUT2D eigenvalue weighted by Crippen LogP contribution is -2.41. The van der Waals surface area contributed by atoms with Gasteiger partial charge in [-0.15, -0.1) is 0 Å². The largest absolute Gasteiger partial charge is 0.480 e. The molecule has 128 valence electrons. The third kappa shape index (κ3) is 3.94. The molecule has 7 heteroatoms. The van der Waals surface area contributed by atoms with E-state index in [9.17, 15) is 9.59 Å². The van der Waals surface area contributed by atoms with Crippen LogP contribution in [0.5, 0.6) is 0 Å². The topological polar surface area (TPSA) is 84.2 Å². The fourth-order valence-electron chi connectivity index (χ4n) is 2.51. The maximum absolute atomic E-state index is 12.2. The molecule has 2 rings (SSSR count). The Balaban J connectivity index is 2.21. The molecule has 1 amide bonds. The minimum absolute atomic E-state index is 0.0923. The summed E-state index contributed by atoms with van der Waals surface area (Å²) < 4.78 is 1.75. The fourth-order valence-corrected chi connectivity index (χ4v) is 2.63. The van der Waals surface area contributed by atoms with Crippen LogP contribution in [0.25, 0.3) is 5.69 Å². The first-order valence-corrected chi connectivity index (χ1v) is 8.04. The molecule has 0 fully saturated rings. The first kappa shape index (κ1) is 18.0. The summed E-state index contributed by atoms with van der Waals surface area (Å²) in [7, 11) is 0. The molecule has 0 aliphatic heterocycles. The van der Waals surface area contributed by atoms with E-state index in [0.29, 0.717) is 11.4 Å². The van der Waals surface area contributed by atoms with E-state index in [-0.39, 0.29) is 12.3 Å². The molecule has 0 aliphatic rings. The summed E-state index contributed by atoms with van der Waals surface area (Å²) in [5.74, 6) is -1.36. The molecule has 24 heavy (non-hydrogen) atoms. The van der Waals surface area contributed by atoms with Crippen molar-refractivity contribution in [3.8, 4) is 5.69 Å². The van der Waals surface area contributed by atoms with Gasteiger partial charge in [0.1, 0.15) is 6.04 Å². The Bertz CT molecular complexity index is 753. The molecule has 6 nitrogen and oxygen atoms in total. The Morgan fingerprint density at radius 1 is 1.29 bits per heavy atom. The number of halogens is 1. The van der Waals surface area contributed by atoms with Crippen molar-refractivity contribution in [2.75, 3.05) is 0 Å². The molecular weight excluding hydrogens is 330 g/mol. The maximum atomic E-state index is 12.2. The quantitative estimate of drug-likeness (QED) is 0.839. The summed E-state index contributed by atoms with van der Waals surface area (Å²) in [4.78, 5) is 23.2. The molecule has 1 aromatic carbocycles. The van der Waals surface area contributed by atoms with Gasteiger partial charge < -0.3 is 10.4 Å². The molecule has 1 unspecified atom stereocenters. The standard InChI is InChI=1S/C17H20ClN3O3/c1-4-15(17(23)24)19-16(22)9-14-10(2)20-21(11(14)3)13-7-5-12(18)6-8-13/h5-8,15H,4,9H2,1-3H3,(H,19,22)(H,23,24). The molecule has 0 saturated carbocycles. The van der Waals surface area contributed by atoms with E-state index in [1.165, 1.54) is 0 Å². The minimum Gasteiger partial charge on any atom is -0.480 e. The van der Waals surface area contributed by atoms with Crippen LogP contribution >= 0.6 is 11.6 Å². The van der Waals surface area contributed by atoms with Crippen LogP contribution in [0, 0.1) is 13.8 Å². The number of nitrogens with zero attached hydrogens (tertiary/aromatic N) is 2. The van der Waals surface area contributed by atoms with Gasteiger partial charge in [0.2, 0.25) is 5.91 Å². The molecule has 0 spiro atoms. The predicted octanol–water partition coefficient (Wildman–Crippen LogP) is 2.66. The van der Waals surface area contributed by atoms with Gasteiger partial charge in [-0.3, -0.25) is 4.79 Å². The van der Waals surface area contributed by atoms with Crippen LogP contribution in [0.1, 0.15) is 30.3 Å². The van der Waals surface area contributed by atoms with Gasteiger partial charge in [-0.2, -0.15) is 5.10 Å². The number of carbonyl (C=O) groups is 2. The Morgan fingerprint density at radius 3 is 2.46 bits per heavy atom. The summed E-state index contributed by atoms with van der Waals surface area (Å²) in [5, 5.41) is 16.7. The number of rotatable bonds is 6. The number of aliphatic carboxylic acids is 1. The molecule has 0 aliphatic carbocycles. The van der Waals surface area contributed by atoms with Gasteiger partial charge >= 0.3 is 5.97 Å². The number of hydrogen-bond acceptors (Lipinski definition) is 3. The Kier molecular flexibility index (Phi) is 5.62. The second kappa shape index (κ2) is 7.49. The summed E-state index contributed by atoms with van der Waals surface area (Å²) >= 11 is 5.90. The molecule has 1 aromatic heterocycles. The van der Waals surface area contributed by atoms with Crippen LogP contribution < -0.4 is 5.32 Å². The monoisotopic (exact) mass is 349 g/mol. The van der Waals surface area contributed by atoms with E-state index in [1.807, 2.05) is 26.0 Å². The lowest BCUT2D eigenvalue weighted by atomic mass is 10.1.